The predicted octanol–water partition coefficient (Wildman–Crippen LogP) is 2.52. The van der Waals surface area contributed by atoms with E-state index in [1.807, 2.05) is 0 Å². The van der Waals surface area contributed by atoms with E-state index in [2.05, 4.69) is 29.3 Å². The van der Waals surface area contributed by atoms with E-state index in [-0.39, 0.29) is 0 Å². The summed E-state index contributed by atoms with van der Waals surface area (Å²) >= 11 is 0. The Morgan fingerprint density at radius 2 is 2.00 bits per heavy atom. The molecule has 4 heteroatoms. The van der Waals surface area contributed by atoms with Crippen LogP contribution in [0.2, 0.25) is 0 Å². The lowest BCUT2D eigenvalue weighted by Gasteiger charge is -2.20. The van der Waals surface area contributed by atoms with Crippen LogP contribution in [0.15, 0.2) is 4.52 Å². The number of hydrogen-bond acceptors (Lipinski definition) is 4. The van der Waals surface area contributed by atoms with Gasteiger partial charge in [0.15, 0.2) is 5.82 Å². The summed E-state index contributed by atoms with van der Waals surface area (Å²) in [4.78, 5) is 4.55. The van der Waals surface area contributed by atoms with Crippen molar-refractivity contribution < 1.29 is 4.52 Å². The van der Waals surface area contributed by atoms with Gasteiger partial charge in [0.2, 0.25) is 5.89 Å². The minimum absolute atomic E-state index is 0.435. The normalized spacial score (nSPS) is 17.8. The third-order valence-corrected chi connectivity index (χ3v) is 3.75. The van der Waals surface area contributed by atoms with Crippen LogP contribution in [0.1, 0.15) is 57.2 Å². The Kier molecular flexibility index (Phi) is 4.54. The number of piperidine rings is 1. The van der Waals surface area contributed by atoms with Crippen LogP contribution in [0.3, 0.4) is 0 Å². The first-order chi connectivity index (χ1) is 8.33. The van der Waals surface area contributed by atoms with Gasteiger partial charge >= 0.3 is 0 Å². The van der Waals surface area contributed by atoms with Crippen molar-refractivity contribution in [3.8, 4) is 0 Å². The van der Waals surface area contributed by atoms with Gasteiger partial charge in [0, 0.05) is 12.3 Å². The molecule has 0 unspecified atom stereocenters. The van der Waals surface area contributed by atoms with Gasteiger partial charge < -0.3 is 9.84 Å². The molecule has 1 N–H and O–H groups in total. The molecule has 0 radical (unpaired) electrons. The molecule has 0 amide bonds. The molecule has 4 nitrogen and oxygen atoms in total. The van der Waals surface area contributed by atoms with Gasteiger partial charge in [0.1, 0.15) is 0 Å². The summed E-state index contributed by atoms with van der Waals surface area (Å²) in [6, 6.07) is 0. The van der Waals surface area contributed by atoms with Crippen molar-refractivity contribution in [2.24, 2.45) is 5.92 Å². The first kappa shape index (κ1) is 12.6. The largest absolute Gasteiger partial charge is 0.339 e. The Morgan fingerprint density at radius 3 is 2.65 bits per heavy atom. The van der Waals surface area contributed by atoms with Gasteiger partial charge in [-0.2, -0.15) is 4.98 Å². The van der Waals surface area contributed by atoms with E-state index in [0.717, 1.165) is 50.0 Å². The van der Waals surface area contributed by atoms with E-state index in [0.29, 0.717) is 5.92 Å². The van der Waals surface area contributed by atoms with Crippen molar-refractivity contribution in [2.75, 3.05) is 13.1 Å². The second-order valence-corrected chi connectivity index (χ2v) is 4.96. The summed E-state index contributed by atoms with van der Waals surface area (Å²) < 4.78 is 5.37. The second kappa shape index (κ2) is 6.15. The molecule has 96 valence electrons. The molecule has 0 atom stereocenters. The van der Waals surface area contributed by atoms with E-state index < -0.39 is 0 Å². The summed E-state index contributed by atoms with van der Waals surface area (Å²) in [6.07, 6.45) is 5.59. The Bertz CT molecular complexity index is 327. The second-order valence-electron chi connectivity index (χ2n) is 4.96. The molecule has 2 heterocycles. The number of nitrogens with zero attached hydrogens (tertiary/aromatic N) is 2. The third-order valence-electron chi connectivity index (χ3n) is 3.75. The zero-order valence-corrected chi connectivity index (χ0v) is 10.9. The maximum Gasteiger partial charge on any atom is 0.229 e. The van der Waals surface area contributed by atoms with Crippen molar-refractivity contribution in [3.63, 3.8) is 0 Å². The molecule has 0 spiro atoms. The molecular weight excluding hydrogens is 214 g/mol. The number of nitrogens with one attached hydrogen (secondary N) is 1. The molecule has 2 rings (SSSR count). The van der Waals surface area contributed by atoms with Crippen LogP contribution in [-0.2, 0) is 6.42 Å². The molecule has 17 heavy (non-hydrogen) atoms. The predicted molar refractivity (Wildman–Crippen MR) is 66.9 cm³/mol. The monoisotopic (exact) mass is 237 g/mol. The lowest BCUT2D eigenvalue weighted by molar-refractivity contribution is 0.332. The SMILES string of the molecule is CCC(CC)c1nc(CC2CCNCC2)no1. The van der Waals surface area contributed by atoms with Gasteiger partial charge in [-0.1, -0.05) is 19.0 Å². The molecule has 0 aromatic carbocycles. The average molecular weight is 237 g/mol. The van der Waals surface area contributed by atoms with Crippen LogP contribution in [0.5, 0.6) is 0 Å². The first-order valence-electron chi connectivity index (χ1n) is 6.86. The van der Waals surface area contributed by atoms with E-state index in [1.54, 1.807) is 0 Å². The molecule has 1 aliphatic rings. The molecule has 1 aromatic heterocycles. The van der Waals surface area contributed by atoms with Gasteiger partial charge in [0.25, 0.3) is 0 Å². The molecule has 0 aliphatic carbocycles. The van der Waals surface area contributed by atoms with E-state index in [4.69, 9.17) is 4.52 Å². The zero-order chi connectivity index (χ0) is 12.1. The molecule has 0 bridgehead atoms. The number of rotatable bonds is 5. The number of hydrogen-bond donors (Lipinski definition) is 1. The summed E-state index contributed by atoms with van der Waals surface area (Å²) in [5, 5.41) is 7.50. The van der Waals surface area contributed by atoms with E-state index in [9.17, 15) is 0 Å². The maximum absolute atomic E-state index is 5.37. The van der Waals surface area contributed by atoms with Crippen molar-refractivity contribution in [2.45, 2.75) is 51.9 Å². The Balaban J connectivity index is 1.93. The van der Waals surface area contributed by atoms with Crippen molar-refractivity contribution in [3.05, 3.63) is 11.7 Å². The Labute approximate surface area is 103 Å². The van der Waals surface area contributed by atoms with Gasteiger partial charge in [-0.25, -0.2) is 0 Å². The molecular formula is C13H23N3O. The average Bonchev–Trinajstić information content (AvgIpc) is 2.81. The highest BCUT2D eigenvalue weighted by atomic mass is 16.5. The Hall–Kier alpha value is -0.900. The Morgan fingerprint density at radius 1 is 1.29 bits per heavy atom. The summed E-state index contributed by atoms with van der Waals surface area (Å²) in [7, 11) is 0. The summed E-state index contributed by atoms with van der Waals surface area (Å²) in [5.41, 5.74) is 0. The van der Waals surface area contributed by atoms with E-state index in [1.165, 1.54) is 12.8 Å². The van der Waals surface area contributed by atoms with Gasteiger partial charge in [0.05, 0.1) is 0 Å². The molecule has 0 saturated carbocycles. The molecule has 1 aliphatic heterocycles. The molecule has 1 aromatic rings. The van der Waals surface area contributed by atoms with Crippen LogP contribution in [-0.4, -0.2) is 23.2 Å². The number of aromatic nitrogens is 2. The highest BCUT2D eigenvalue weighted by molar-refractivity contribution is 4.94. The van der Waals surface area contributed by atoms with Crippen LogP contribution in [0.4, 0.5) is 0 Å². The zero-order valence-electron chi connectivity index (χ0n) is 10.9. The minimum atomic E-state index is 0.435. The van der Waals surface area contributed by atoms with Crippen molar-refractivity contribution >= 4 is 0 Å². The van der Waals surface area contributed by atoms with Crippen LogP contribution < -0.4 is 5.32 Å². The van der Waals surface area contributed by atoms with Gasteiger partial charge in [-0.15, -0.1) is 0 Å². The van der Waals surface area contributed by atoms with Gasteiger partial charge in [-0.05, 0) is 44.7 Å². The fourth-order valence-corrected chi connectivity index (χ4v) is 2.50. The van der Waals surface area contributed by atoms with Crippen LogP contribution in [0, 0.1) is 5.92 Å². The maximum atomic E-state index is 5.37. The quantitative estimate of drug-likeness (QED) is 0.855. The topological polar surface area (TPSA) is 51.0 Å². The fraction of sp³-hybridized carbons (Fsp3) is 0.846. The minimum Gasteiger partial charge on any atom is -0.339 e. The van der Waals surface area contributed by atoms with E-state index >= 15 is 0 Å². The summed E-state index contributed by atoms with van der Waals surface area (Å²) in [5.74, 6) is 2.89. The van der Waals surface area contributed by atoms with Crippen molar-refractivity contribution in [1.82, 2.24) is 15.5 Å². The van der Waals surface area contributed by atoms with Gasteiger partial charge in [-0.3, -0.25) is 0 Å². The lowest BCUT2D eigenvalue weighted by atomic mass is 9.94. The lowest BCUT2D eigenvalue weighted by Crippen LogP contribution is -2.28. The van der Waals surface area contributed by atoms with Crippen LogP contribution >= 0.6 is 0 Å². The fourth-order valence-electron chi connectivity index (χ4n) is 2.50. The van der Waals surface area contributed by atoms with Crippen molar-refractivity contribution in [1.29, 1.82) is 0 Å². The summed E-state index contributed by atoms with van der Waals surface area (Å²) in [6.45, 7) is 6.60. The first-order valence-corrected chi connectivity index (χ1v) is 6.86. The molecule has 1 saturated heterocycles. The highest BCUT2D eigenvalue weighted by Crippen LogP contribution is 2.22. The third kappa shape index (κ3) is 3.28. The smallest absolute Gasteiger partial charge is 0.229 e. The highest BCUT2D eigenvalue weighted by Gasteiger charge is 2.19. The van der Waals surface area contributed by atoms with Crippen LogP contribution in [0.25, 0.3) is 0 Å². The standard InChI is InChI=1S/C13H23N3O/c1-3-11(4-2)13-15-12(16-17-13)9-10-5-7-14-8-6-10/h10-11,14H,3-9H2,1-2H3. The molecule has 1 fully saturated rings.